The summed E-state index contributed by atoms with van der Waals surface area (Å²) in [6.07, 6.45) is 1.30. The number of benzene rings is 2. The van der Waals surface area contributed by atoms with Crippen LogP contribution in [0, 0.1) is 11.3 Å². The monoisotopic (exact) mass is 486 g/mol. The summed E-state index contributed by atoms with van der Waals surface area (Å²) in [6.45, 7) is 6.80. The van der Waals surface area contributed by atoms with Crippen LogP contribution in [0.3, 0.4) is 0 Å². The molecule has 4 rings (SSSR count). The molecule has 35 heavy (non-hydrogen) atoms. The van der Waals surface area contributed by atoms with Crippen molar-refractivity contribution in [2.24, 2.45) is 17.1 Å². The molecule has 0 aliphatic heterocycles. The number of carbonyl (C=O) groups is 1. The summed E-state index contributed by atoms with van der Waals surface area (Å²) in [5.41, 5.74) is 8.45. The average molecular weight is 487 g/mol. The predicted octanol–water partition coefficient (Wildman–Crippen LogP) is 6.56. The van der Waals surface area contributed by atoms with Gasteiger partial charge in [0.2, 0.25) is 11.9 Å². The van der Waals surface area contributed by atoms with Gasteiger partial charge in [-0.05, 0) is 78.6 Å². The van der Waals surface area contributed by atoms with Crippen LogP contribution in [-0.4, -0.2) is 21.8 Å². The SMILES string of the molecule is C[C@H]1C[C@@H](n2c(Nc3ccc(OC(F)(F)F)cc3)nc3cc(/C=C/C(N)=O)ccc32)CC(C)(C)C1. The van der Waals surface area contributed by atoms with E-state index in [-0.39, 0.29) is 17.2 Å². The fourth-order valence-corrected chi connectivity index (χ4v) is 5.22. The van der Waals surface area contributed by atoms with Gasteiger partial charge in [-0.3, -0.25) is 4.79 Å². The lowest BCUT2D eigenvalue weighted by Crippen LogP contribution is -2.29. The van der Waals surface area contributed by atoms with Gasteiger partial charge in [0.15, 0.2) is 0 Å². The molecular formula is C26H29F3N4O2. The number of halogens is 3. The number of amides is 1. The molecule has 1 amide bonds. The third kappa shape index (κ3) is 6.15. The van der Waals surface area contributed by atoms with E-state index >= 15 is 0 Å². The molecule has 1 aliphatic carbocycles. The first-order valence-electron chi connectivity index (χ1n) is 11.5. The van der Waals surface area contributed by atoms with E-state index in [2.05, 4.69) is 35.4 Å². The number of fused-ring (bicyclic) bond motifs is 1. The van der Waals surface area contributed by atoms with Crippen molar-refractivity contribution in [1.29, 1.82) is 0 Å². The second-order valence-corrected chi connectivity index (χ2v) is 10.1. The Morgan fingerprint density at radius 3 is 2.54 bits per heavy atom. The van der Waals surface area contributed by atoms with Crippen LogP contribution in [0.4, 0.5) is 24.8 Å². The van der Waals surface area contributed by atoms with Gasteiger partial charge < -0.3 is 20.4 Å². The molecule has 0 spiro atoms. The number of imidazole rings is 1. The van der Waals surface area contributed by atoms with Crippen molar-refractivity contribution < 1.29 is 22.7 Å². The van der Waals surface area contributed by atoms with Gasteiger partial charge in [-0.2, -0.15) is 0 Å². The standard InChI is InChI=1S/C26H29F3N4O2/c1-16-12-19(15-25(2,3)14-16)33-22-10-4-17(5-11-23(30)34)13-21(22)32-24(33)31-18-6-8-20(9-7-18)35-26(27,28)29/h4-11,13,16,19H,12,14-15H2,1-3H3,(H2,30,34)(H,31,32)/b11-5+/t16-,19+/m0/s1. The summed E-state index contributed by atoms with van der Waals surface area (Å²) in [4.78, 5) is 15.9. The predicted molar refractivity (Wildman–Crippen MR) is 130 cm³/mol. The van der Waals surface area contributed by atoms with Crippen molar-refractivity contribution in [1.82, 2.24) is 9.55 Å². The third-order valence-corrected chi connectivity index (χ3v) is 6.23. The third-order valence-electron chi connectivity index (χ3n) is 6.23. The lowest BCUT2D eigenvalue weighted by atomic mass is 9.70. The molecular weight excluding hydrogens is 457 g/mol. The van der Waals surface area contributed by atoms with Crippen molar-refractivity contribution in [3.8, 4) is 5.75 Å². The van der Waals surface area contributed by atoms with Crippen molar-refractivity contribution in [3.05, 3.63) is 54.1 Å². The van der Waals surface area contributed by atoms with Crippen LogP contribution >= 0.6 is 0 Å². The van der Waals surface area contributed by atoms with Crippen LogP contribution < -0.4 is 15.8 Å². The molecule has 1 heterocycles. The minimum atomic E-state index is -4.74. The Bertz CT molecular complexity index is 1250. The summed E-state index contributed by atoms with van der Waals surface area (Å²) in [7, 11) is 0. The highest BCUT2D eigenvalue weighted by Gasteiger charge is 2.35. The Kier molecular flexibility index (Phi) is 6.53. The van der Waals surface area contributed by atoms with Crippen LogP contribution in [0.2, 0.25) is 0 Å². The zero-order valence-corrected chi connectivity index (χ0v) is 19.9. The number of nitrogens with zero attached hydrogens (tertiary/aromatic N) is 2. The maximum atomic E-state index is 12.5. The Balaban J connectivity index is 1.73. The van der Waals surface area contributed by atoms with Gasteiger partial charge in [0.1, 0.15) is 5.75 Å². The van der Waals surface area contributed by atoms with Crippen molar-refractivity contribution in [2.75, 3.05) is 5.32 Å². The minimum Gasteiger partial charge on any atom is -0.406 e. The van der Waals surface area contributed by atoms with Crippen molar-refractivity contribution in [2.45, 2.75) is 52.4 Å². The number of anilines is 2. The van der Waals surface area contributed by atoms with Crippen molar-refractivity contribution >= 4 is 34.7 Å². The normalized spacial score (nSPS) is 20.3. The molecule has 0 radical (unpaired) electrons. The zero-order chi connectivity index (χ0) is 25.4. The van der Waals surface area contributed by atoms with Gasteiger partial charge in [0, 0.05) is 17.8 Å². The first kappa shape index (κ1) is 24.6. The van der Waals surface area contributed by atoms with Gasteiger partial charge >= 0.3 is 6.36 Å². The van der Waals surface area contributed by atoms with E-state index in [9.17, 15) is 18.0 Å². The Labute approximate surface area is 202 Å². The molecule has 9 heteroatoms. The molecule has 0 saturated heterocycles. The number of nitrogens with two attached hydrogens (primary N) is 1. The molecule has 0 bridgehead atoms. The maximum Gasteiger partial charge on any atom is 0.573 e. The highest BCUT2D eigenvalue weighted by molar-refractivity contribution is 5.91. The molecule has 1 aliphatic rings. The molecule has 1 saturated carbocycles. The maximum absolute atomic E-state index is 12.5. The van der Waals surface area contributed by atoms with Crippen LogP contribution in [0.1, 0.15) is 51.6 Å². The highest BCUT2D eigenvalue weighted by Crippen LogP contribution is 2.46. The number of hydrogen-bond donors (Lipinski definition) is 2. The average Bonchev–Trinajstić information content (AvgIpc) is 3.08. The topological polar surface area (TPSA) is 82.2 Å². The molecule has 186 valence electrons. The number of aromatic nitrogens is 2. The summed E-state index contributed by atoms with van der Waals surface area (Å²) >= 11 is 0. The van der Waals surface area contributed by atoms with Gasteiger partial charge in [-0.25, -0.2) is 4.98 Å². The summed E-state index contributed by atoms with van der Waals surface area (Å²) in [5.74, 6) is 0.320. The first-order valence-corrected chi connectivity index (χ1v) is 11.5. The molecule has 3 aromatic rings. The molecule has 1 fully saturated rings. The van der Waals surface area contributed by atoms with E-state index in [4.69, 9.17) is 10.7 Å². The molecule has 1 aromatic heterocycles. The molecule has 2 aromatic carbocycles. The van der Waals surface area contributed by atoms with Crippen molar-refractivity contribution in [3.63, 3.8) is 0 Å². The second-order valence-electron chi connectivity index (χ2n) is 10.1. The van der Waals surface area contributed by atoms with Crippen LogP contribution in [0.15, 0.2) is 48.5 Å². The van der Waals surface area contributed by atoms with Gasteiger partial charge in [-0.15, -0.1) is 13.2 Å². The van der Waals surface area contributed by atoms with E-state index in [1.807, 2.05) is 18.2 Å². The smallest absolute Gasteiger partial charge is 0.406 e. The fraction of sp³-hybridized carbons (Fsp3) is 0.385. The minimum absolute atomic E-state index is 0.164. The van der Waals surface area contributed by atoms with E-state index in [0.717, 1.165) is 35.9 Å². The molecule has 2 atom stereocenters. The number of hydrogen-bond acceptors (Lipinski definition) is 4. The van der Waals surface area contributed by atoms with Crippen LogP contribution in [0.25, 0.3) is 17.1 Å². The number of nitrogens with one attached hydrogen (secondary N) is 1. The van der Waals surface area contributed by atoms with E-state index in [1.54, 1.807) is 6.08 Å². The Morgan fingerprint density at radius 1 is 1.20 bits per heavy atom. The molecule has 3 N–H and O–H groups in total. The lowest BCUT2D eigenvalue weighted by Gasteiger charge is -2.40. The summed E-state index contributed by atoms with van der Waals surface area (Å²) < 4.78 is 43.7. The Hall–Kier alpha value is -3.49. The Morgan fingerprint density at radius 2 is 1.91 bits per heavy atom. The zero-order valence-electron chi connectivity index (χ0n) is 19.9. The summed E-state index contributed by atoms with van der Waals surface area (Å²) in [6, 6.07) is 11.5. The largest absolute Gasteiger partial charge is 0.573 e. The van der Waals surface area contributed by atoms with E-state index in [0.29, 0.717) is 17.6 Å². The van der Waals surface area contributed by atoms with Crippen LogP contribution in [-0.2, 0) is 4.79 Å². The number of rotatable bonds is 6. The number of ether oxygens (including phenoxy) is 1. The van der Waals surface area contributed by atoms with Gasteiger partial charge in [-0.1, -0.05) is 26.8 Å². The van der Waals surface area contributed by atoms with Gasteiger partial charge in [0.25, 0.3) is 0 Å². The number of alkyl halides is 3. The molecule has 0 unspecified atom stereocenters. The van der Waals surface area contributed by atoms with Gasteiger partial charge in [0.05, 0.1) is 11.0 Å². The second kappa shape index (κ2) is 9.28. The quantitative estimate of drug-likeness (QED) is 0.387. The lowest BCUT2D eigenvalue weighted by molar-refractivity contribution is -0.274. The number of carbonyl (C=O) groups excluding carboxylic acids is 1. The first-order chi connectivity index (χ1) is 16.4. The fourth-order valence-electron chi connectivity index (χ4n) is 5.22. The van der Waals surface area contributed by atoms with Crippen LogP contribution in [0.5, 0.6) is 5.75 Å². The highest BCUT2D eigenvalue weighted by atomic mass is 19.4. The number of primary amides is 1. The van der Waals surface area contributed by atoms with E-state index < -0.39 is 12.3 Å². The van der Waals surface area contributed by atoms with E-state index in [1.165, 1.54) is 30.3 Å². The molecule has 6 nitrogen and oxygen atoms in total. The summed E-state index contributed by atoms with van der Waals surface area (Å²) in [5, 5.41) is 3.28.